The van der Waals surface area contributed by atoms with E-state index in [0.717, 1.165) is 41.7 Å². The number of rotatable bonds is 3. The van der Waals surface area contributed by atoms with Crippen molar-refractivity contribution in [2.24, 2.45) is 5.92 Å². The summed E-state index contributed by atoms with van der Waals surface area (Å²) < 4.78 is 0. The van der Waals surface area contributed by atoms with Crippen molar-refractivity contribution >= 4 is 22.7 Å². The molecule has 1 N–H and O–H groups in total. The molecule has 21 heavy (non-hydrogen) atoms. The molecular weight excluding hydrogens is 260 g/mol. The Kier molecular flexibility index (Phi) is 3.17. The first-order valence-corrected chi connectivity index (χ1v) is 8.08. The van der Waals surface area contributed by atoms with Crippen LogP contribution in [0, 0.1) is 5.92 Å². The van der Waals surface area contributed by atoms with Crippen LogP contribution in [0.1, 0.15) is 32.6 Å². The summed E-state index contributed by atoms with van der Waals surface area (Å²) in [7, 11) is 0. The summed E-state index contributed by atoms with van der Waals surface area (Å²) >= 11 is 0. The third-order valence-corrected chi connectivity index (χ3v) is 4.58. The van der Waals surface area contributed by atoms with Crippen molar-refractivity contribution in [3.63, 3.8) is 0 Å². The number of aromatic nitrogens is 2. The van der Waals surface area contributed by atoms with Crippen LogP contribution < -0.4 is 10.2 Å². The predicted molar refractivity (Wildman–Crippen MR) is 86.8 cm³/mol. The Bertz CT molecular complexity index is 642. The van der Waals surface area contributed by atoms with Crippen molar-refractivity contribution in [1.29, 1.82) is 0 Å². The summed E-state index contributed by atoms with van der Waals surface area (Å²) in [5.41, 5.74) is 1.05. The van der Waals surface area contributed by atoms with Gasteiger partial charge in [0.05, 0.1) is 5.52 Å². The second-order valence-electron chi connectivity index (χ2n) is 6.48. The van der Waals surface area contributed by atoms with Gasteiger partial charge in [-0.1, -0.05) is 19.1 Å². The molecule has 110 valence electrons. The van der Waals surface area contributed by atoms with Crippen molar-refractivity contribution in [1.82, 2.24) is 9.97 Å². The van der Waals surface area contributed by atoms with E-state index in [4.69, 9.17) is 9.97 Å². The highest BCUT2D eigenvalue weighted by atomic mass is 15.3. The molecule has 2 aromatic rings. The van der Waals surface area contributed by atoms with E-state index in [1.54, 1.807) is 0 Å². The number of para-hydroxylation sites is 1. The number of hydrogen-bond donors (Lipinski definition) is 1. The summed E-state index contributed by atoms with van der Waals surface area (Å²) in [6.07, 6.45) is 4.99. The van der Waals surface area contributed by atoms with Gasteiger partial charge in [0.15, 0.2) is 0 Å². The van der Waals surface area contributed by atoms with Crippen LogP contribution in [0.25, 0.3) is 10.9 Å². The average molecular weight is 282 g/mol. The van der Waals surface area contributed by atoms with Crippen LogP contribution in [0.4, 0.5) is 11.8 Å². The molecule has 0 radical (unpaired) electrons. The normalized spacial score (nSPS) is 20.0. The highest BCUT2D eigenvalue weighted by Crippen LogP contribution is 2.30. The molecule has 1 aliphatic heterocycles. The number of anilines is 2. The van der Waals surface area contributed by atoms with Gasteiger partial charge in [0.25, 0.3) is 0 Å². The molecule has 1 aromatic carbocycles. The van der Waals surface area contributed by atoms with E-state index < -0.39 is 0 Å². The lowest BCUT2D eigenvalue weighted by Crippen LogP contribution is -2.34. The largest absolute Gasteiger partial charge is 0.367 e. The number of fused-ring (bicyclic) bond motifs is 1. The fourth-order valence-electron chi connectivity index (χ4n) is 2.95. The lowest BCUT2D eigenvalue weighted by atomic mass is 10.00. The second kappa shape index (κ2) is 5.17. The molecule has 2 aliphatic rings. The highest BCUT2D eigenvalue weighted by Gasteiger charge is 2.24. The van der Waals surface area contributed by atoms with Crippen LogP contribution >= 0.6 is 0 Å². The van der Waals surface area contributed by atoms with Crippen LogP contribution in [0.15, 0.2) is 24.3 Å². The molecule has 0 bridgehead atoms. The first-order chi connectivity index (χ1) is 10.3. The monoisotopic (exact) mass is 282 g/mol. The molecule has 2 heterocycles. The minimum absolute atomic E-state index is 0.609. The Morgan fingerprint density at radius 3 is 2.57 bits per heavy atom. The molecule has 4 rings (SSSR count). The zero-order valence-electron chi connectivity index (χ0n) is 12.5. The Morgan fingerprint density at radius 1 is 1.05 bits per heavy atom. The number of benzene rings is 1. The summed E-state index contributed by atoms with van der Waals surface area (Å²) in [5, 5.41) is 4.71. The summed E-state index contributed by atoms with van der Waals surface area (Å²) in [5.74, 6) is 2.73. The Balaban J connectivity index is 1.71. The number of hydrogen-bond acceptors (Lipinski definition) is 4. The van der Waals surface area contributed by atoms with Gasteiger partial charge in [-0.05, 0) is 43.7 Å². The average Bonchev–Trinajstić information content (AvgIpc) is 3.32. The van der Waals surface area contributed by atoms with Crippen molar-refractivity contribution in [2.45, 2.75) is 38.6 Å². The fourth-order valence-corrected chi connectivity index (χ4v) is 2.95. The van der Waals surface area contributed by atoms with Crippen molar-refractivity contribution in [3.8, 4) is 0 Å². The topological polar surface area (TPSA) is 41.1 Å². The van der Waals surface area contributed by atoms with E-state index >= 15 is 0 Å². The van der Waals surface area contributed by atoms with E-state index in [2.05, 4.69) is 41.4 Å². The molecule has 0 atom stereocenters. The van der Waals surface area contributed by atoms with E-state index in [-0.39, 0.29) is 0 Å². The van der Waals surface area contributed by atoms with Gasteiger partial charge in [-0.3, -0.25) is 0 Å². The van der Waals surface area contributed by atoms with Gasteiger partial charge in [0, 0.05) is 24.5 Å². The highest BCUT2D eigenvalue weighted by molar-refractivity contribution is 5.90. The summed E-state index contributed by atoms with van der Waals surface area (Å²) in [6, 6.07) is 8.93. The third-order valence-electron chi connectivity index (χ3n) is 4.58. The molecular formula is C17H22N4. The van der Waals surface area contributed by atoms with Crippen molar-refractivity contribution < 1.29 is 0 Å². The first kappa shape index (κ1) is 12.9. The molecule has 1 saturated carbocycles. The van der Waals surface area contributed by atoms with Crippen LogP contribution in [0.3, 0.4) is 0 Å². The lowest BCUT2D eigenvalue weighted by molar-refractivity contribution is 0.435. The fraction of sp³-hybridized carbons (Fsp3) is 0.529. The second-order valence-corrected chi connectivity index (χ2v) is 6.48. The molecule has 2 fully saturated rings. The Labute approximate surface area is 125 Å². The molecule has 0 spiro atoms. The van der Waals surface area contributed by atoms with Crippen LogP contribution in [-0.2, 0) is 0 Å². The molecule has 0 amide bonds. The molecule has 4 nitrogen and oxygen atoms in total. The molecule has 1 aliphatic carbocycles. The quantitative estimate of drug-likeness (QED) is 0.936. The smallest absolute Gasteiger partial charge is 0.227 e. The number of piperidine rings is 1. The van der Waals surface area contributed by atoms with Gasteiger partial charge in [-0.25, -0.2) is 4.98 Å². The van der Waals surface area contributed by atoms with E-state index in [0.29, 0.717) is 6.04 Å². The zero-order valence-corrected chi connectivity index (χ0v) is 12.5. The Morgan fingerprint density at radius 2 is 1.81 bits per heavy atom. The molecule has 1 aromatic heterocycles. The summed E-state index contributed by atoms with van der Waals surface area (Å²) in [6.45, 7) is 4.48. The summed E-state index contributed by atoms with van der Waals surface area (Å²) in [4.78, 5) is 12.0. The van der Waals surface area contributed by atoms with Crippen LogP contribution in [0.5, 0.6) is 0 Å². The van der Waals surface area contributed by atoms with Crippen LogP contribution in [-0.4, -0.2) is 29.1 Å². The maximum Gasteiger partial charge on any atom is 0.227 e. The minimum Gasteiger partial charge on any atom is -0.367 e. The van der Waals surface area contributed by atoms with Gasteiger partial charge in [0.2, 0.25) is 5.95 Å². The van der Waals surface area contributed by atoms with Crippen molar-refractivity contribution in [3.05, 3.63) is 24.3 Å². The van der Waals surface area contributed by atoms with Gasteiger partial charge >= 0.3 is 0 Å². The van der Waals surface area contributed by atoms with Gasteiger partial charge in [-0.15, -0.1) is 0 Å². The number of nitrogens with zero attached hydrogens (tertiary/aromatic N) is 3. The van der Waals surface area contributed by atoms with E-state index in [9.17, 15) is 0 Å². The van der Waals surface area contributed by atoms with Crippen molar-refractivity contribution in [2.75, 3.05) is 23.3 Å². The maximum atomic E-state index is 4.83. The van der Waals surface area contributed by atoms with E-state index in [1.165, 1.54) is 25.7 Å². The van der Waals surface area contributed by atoms with Crippen LogP contribution in [0.2, 0.25) is 0 Å². The zero-order chi connectivity index (χ0) is 14.2. The van der Waals surface area contributed by atoms with Gasteiger partial charge in [0.1, 0.15) is 5.82 Å². The van der Waals surface area contributed by atoms with Gasteiger partial charge in [-0.2, -0.15) is 4.98 Å². The number of nitrogens with one attached hydrogen (secondary N) is 1. The molecule has 1 saturated heterocycles. The van der Waals surface area contributed by atoms with Gasteiger partial charge < -0.3 is 10.2 Å². The molecule has 0 unspecified atom stereocenters. The maximum absolute atomic E-state index is 4.83. The lowest BCUT2D eigenvalue weighted by Gasteiger charge is -2.30. The van der Waals surface area contributed by atoms with E-state index in [1.807, 2.05) is 0 Å². The standard InChI is InChI=1S/C17H22N4/c1-12-8-10-21(11-9-12)17-19-15-5-3-2-4-14(15)16(20-17)18-13-6-7-13/h2-5,12-13H,6-11H2,1H3,(H,18,19,20). The first-order valence-electron chi connectivity index (χ1n) is 8.08. The minimum atomic E-state index is 0.609. The third kappa shape index (κ3) is 2.67. The predicted octanol–water partition coefficient (Wildman–Crippen LogP) is 3.44. The molecule has 4 heteroatoms. The SMILES string of the molecule is CC1CCN(c2nc(NC3CC3)c3ccccc3n2)CC1. The Hall–Kier alpha value is -1.84.